The summed E-state index contributed by atoms with van der Waals surface area (Å²) >= 11 is 0. The third-order valence-corrected chi connectivity index (χ3v) is 7.34. The molecule has 2 saturated carbocycles. The molecule has 0 aromatic carbocycles. The van der Waals surface area contributed by atoms with E-state index in [9.17, 15) is 14.4 Å². The average Bonchev–Trinajstić information content (AvgIpc) is 2.84. The third kappa shape index (κ3) is 2.72. The second kappa shape index (κ2) is 6.86. The number of hydrogen-bond donors (Lipinski definition) is 0. The fraction of sp³-hybridized carbons (Fsp3) is 0.850. The predicted molar refractivity (Wildman–Crippen MR) is 97.4 cm³/mol. The first-order chi connectivity index (χ1) is 12.5. The molecule has 6 heteroatoms. The van der Waals surface area contributed by atoms with Gasteiger partial charge in [0.05, 0.1) is 0 Å². The van der Waals surface area contributed by atoms with Crippen LogP contribution in [0.15, 0.2) is 0 Å². The fourth-order valence-corrected chi connectivity index (χ4v) is 5.83. The summed E-state index contributed by atoms with van der Waals surface area (Å²) in [5.41, 5.74) is -0.690. The van der Waals surface area contributed by atoms with Crippen LogP contribution in [0.3, 0.4) is 0 Å². The molecule has 4 amide bonds. The SMILES string of the molecule is CN1C(=O)N(CC(=O)N2CCCC3CCCCC32)C(=O)C12CCCCC2. The van der Waals surface area contributed by atoms with Crippen LogP contribution in [0.2, 0.25) is 0 Å². The summed E-state index contributed by atoms with van der Waals surface area (Å²) in [6, 6.07) is 0.0293. The van der Waals surface area contributed by atoms with E-state index in [0.29, 0.717) is 12.0 Å². The van der Waals surface area contributed by atoms with E-state index in [2.05, 4.69) is 0 Å². The summed E-state index contributed by atoms with van der Waals surface area (Å²) in [6.45, 7) is 0.699. The van der Waals surface area contributed by atoms with Gasteiger partial charge in [0.2, 0.25) is 5.91 Å². The molecule has 2 aliphatic heterocycles. The number of amides is 4. The molecule has 0 N–H and O–H groups in total. The summed E-state index contributed by atoms with van der Waals surface area (Å²) in [5.74, 6) is 0.429. The Morgan fingerprint density at radius 1 is 1.00 bits per heavy atom. The Balaban J connectivity index is 1.48. The van der Waals surface area contributed by atoms with Gasteiger partial charge in [0.1, 0.15) is 12.1 Å². The summed E-state index contributed by atoms with van der Waals surface area (Å²) < 4.78 is 0. The number of carbonyl (C=O) groups excluding carboxylic acids is 3. The highest BCUT2D eigenvalue weighted by atomic mass is 16.2. The molecule has 2 saturated heterocycles. The summed E-state index contributed by atoms with van der Waals surface area (Å²) in [7, 11) is 1.73. The lowest BCUT2D eigenvalue weighted by Gasteiger charge is -2.44. The Labute approximate surface area is 155 Å². The minimum absolute atomic E-state index is 0.0374. The van der Waals surface area contributed by atoms with Crippen molar-refractivity contribution in [2.75, 3.05) is 20.1 Å². The molecule has 144 valence electrons. The number of imide groups is 1. The molecule has 4 fully saturated rings. The third-order valence-electron chi connectivity index (χ3n) is 7.34. The van der Waals surface area contributed by atoms with Crippen LogP contribution in [0.5, 0.6) is 0 Å². The van der Waals surface area contributed by atoms with Gasteiger partial charge in [0.25, 0.3) is 5.91 Å². The topological polar surface area (TPSA) is 60.9 Å². The minimum atomic E-state index is -0.690. The molecule has 0 bridgehead atoms. The number of carbonyl (C=O) groups is 3. The monoisotopic (exact) mass is 361 g/mol. The first-order valence-corrected chi connectivity index (χ1v) is 10.4. The van der Waals surface area contributed by atoms with E-state index < -0.39 is 5.54 Å². The van der Waals surface area contributed by atoms with E-state index in [1.807, 2.05) is 4.90 Å². The van der Waals surface area contributed by atoms with Crippen molar-refractivity contribution in [2.24, 2.45) is 5.92 Å². The standard InChI is InChI=1S/C20H31N3O3/c1-21-19(26)23(18(25)20(21)11-5-2-6-12-20)14-17(24)22-13-7-9-15-8-3-4-10-16(15)22/h15-16H,2-14H2,1H3. The van der Waals surface area contributed by atoms with E-state index in [1.165, 1.54) is 30.6 Å². The van der Waals surface area contributed by atoms with Crippen LogP contribution in [0.4, 0.5) is 4.79 Å². The number of hydrogen-bond acceptors (Lipinski definition) is 3. The molecule has 2 aliphatic carbocycles. The number of fused-ring (bicyclic) bond motifs is 1. The Morgan fingerprint density at radius 2 is 1.69 bits per heavy atom. The summed E-state index contributed by atoms with van der Waals surface area (Å²) in [4.78, 5) is 43.7. The number of likely N-dealkylation sites (tertiary alicyclic amines) is 1. The van der Waals surface area contributed by atoms with Gasteiger partial charge < -0.3 is 9.80 Å². The molecule has 2 atom stereocenters. The Morgan fingerprint density at radius 3 is 2.46 bits per heavy atom. The molecule has 0 aromatic heterocycles. The van der Waals surface area contributed by atoms with Gasteiger partial charge in [-0.25, -0.2) is 4.79 Å². The van der Waals surface area contributed by atoms with E-state index >= 15 is 0 Å². The molecule has 2 unspecified atom stereocenters. The van der Waals surface area contributed by atoms with E-state index in [4.69, 9.17) is 0 Å². The number of urea groups is 1. The summed E-state index contributed by atoms with van der Waals surface area (Å²) in [5, 5.41) is 0. The maximum absolute atomic E-state index is 13.1. The lowest BCUT2D eigenvalue weighted by molar-refractivity contribution is -0.143. The van der Waals surface area contributed by atoms with Crippen LogP contribution in [-0.4, -0.2) is 64.3 Å². The molecule has 0 radical (unpaired) electrons. The quantitative estimate of drug-likeness (QED) is 0.711. The molecule has 4 rings (SSSR count). The van der Waals surface area contributed by atoms with Crippen LogP contribution in [0.25, 0.3) is 0 Å². The van der Waals surface area contributed by atoms with Crippen LogP contribution in [0, 0.1) is 5.92 Å². The highest BCUT2D eigenvalue weighted by molar-refractivity contribution is 6.09. The number of likely N-dealkylation sites (N-methyl/N-ethyl adjacent to an activating group) is 1. The van der Waals surface area contributed by atoms with Crippen molar-refractivity contribution in [3.8, 4) is 0 Å². The van der Waals surface area contributed by atoms with Crippen molar-refractivity contribution in [3.05, 3.63) is 0 Å². The first kappa shape index (κ1) is 17.8. The number of piperidine rings is 1. The minimum Gasteiger partial charge on any atom is -0.338 e. The molecule has 4 aliphatic rings. The zero-order valence-corrected chi connectivity index (χ0v) is 15.9. The normalized spacial score (nSPS) is 31.5. The van der Waals surface area contributed by atoms with E-state index in [-0.39, 0.29) is 24.4 Å². The largest absolute Gasteiger partial charge is 0.338 e. The van der Waals surface area contributed by atoms with Crippen molar-refractivity contribution >= 4 is 17.8 Å². The zero-order valence-electron chi connectivity index (χ0n) is 15.9. The maximum Gasteiger partial charge on any atom is 0.327 e. The molecule has 26 heavy (non-hydrogen) atoms. The molecular weight excluding hydrogens is 330 g/mol. The van der Waals surface area contributed by atoms with Crippen LogP contribution >= 0.6 is 0 Å². The van der Waals surface area contributed by atoms with Gasteiger partial charge in [-0.3, -0.25) is 14.5 Å². The van der Waals surface area contributed by atoms with Crippen molar-refractivity contribution < 1.29 is 14.4 Å². The van der Waals surface area contributed by atoms with Crippen molar-refractivity contribution in [1.82, 2.24) is 14.7 Å². The predicted octanol–water partition coefficient (Wildman–Crippen LogP) is 2.76. The van der Waals surface area contributed by atoms with Crippen LogP contribution in [-0.2, 0) is 9.59 Å². The molecule has 1 spiro atoms. The van der Waals surface area contributed by atoms with Crippen molar-refractivity contribution in [1.29, 1.82) is 0 Å². The highest BCUT2D eigenvalue weighted by Crippen LogP contribution is 2.40. The molecule has 2 heterocycles. The van der Waals surface area contributed by atoms with Crippen molar-refractivity contribution in [3.63, 3.8) is 0 Å². The fourth-order valence-electron chi connectivity index (χ4n) is 5.83. The Bertz CT molecular complexity index is 597. The molecular formula is C20H31N3O3. The summed E-state index contributed by atoms with van der Waals surface area (Å²) in [6.07, 6.45) is 11.5. The Hall–Kier alpha value is -1.59. The van der Waals surface area contributed by atoms with Crippen LogP contribution < -0.4 is 0 Å². The maximum atomic E-state index is 13.1. The van der Waals surface area contributed by atoms with E-state index in [0.717, 1.165) is 51.5 Å². The van der Waals surface area contributed by atoms with Gasteiger partial charge >= 0.3 is 6.03 Å². The second-order valence-electron chi connectivity index (χ2n) is 8.67. The number of nitrogens with zero attached hydrogens (tertiary/aromatic N) is 3. The van der Waals surface area contributed by atoms with Gasteiger partial charge in [0, 0.05) is 19.6 Å². The first-order valence-electron chi connectivity index (χ1n) is 10.4. The van der Waals surface area contributed by atoms with Gasteiger partial charge in [-0.1, -0.05) is 32.1 Å². The second-order valence-corrected chi connectivity index (χ2v) is 8.67. The van der Waals surface area contributed by atoms with Gasteiger partial charge in [-0.15, -0.1) is 0 Å². The average molecular weight is 361 g/mol. The smallest absolute Gasteiger partial charge is 0.327 e. The lowest BCUT2D eigenvalue weighted by atomic mass is 9.78. The zero-order chi connectivity index (χ0) is 18.3. The highest BCUT2D eigenvalue weighted by Gasteiger charge is 2.56. The van der Waals surface area contributed by atoms with Crippen LogP contribution in [0.1, 0.15) is 70.6 Å². The van der Waals surface area contributed by atoms with Crippen molar-refractivity contribution in [2.45, 2.75) is 82.2 Å². The van der Waals surface area contributed by atoms with Gasteiger partial charge in [-0.2, -0.15) is 0 Å². The molecule has 6 nitrogen and oxygen atoms in total. The van der Waals surface area contributed by atoms with Gasteiger partial charge in [0.15, 0.2) is 0 Å². The molecule has 0 aromatic rings. The number of rotatable bonds is 2. The lowest BCUT2D eigenvalue weighted by Crippen LogP contribution is -2.53. The Kier molecular flexibility index (Phi) is 4.70. The van der Waals surface area contributed by atoms with E-state index in [1.54, 1.807) is 11.9 Å². The van der Waals surface area contributed by atoms with Gasteiger partial charge in [-0.05, 0) is 44.4 Å².